The van der Waals surface area contributed by atoms with Gasteiger partial charge in [0.15, 0.2) is 22.2 Å². The van der Waals surface area contributed by atoms with E-state index < -0.39 is 28.3 Å². The van der Waals surface area contributed by atoms with Gasteiger partial charge < -0.3 is 9.64 Å². The van der Waals surface area contributed by atoms with Crippen LogP contribution in [0.5, 0.6) is 0 Å². The normalized spacial score (nSPS) is 17.2. The Bertz CT molecular complexity index is 907. The molecule has 1 heterocycles. The van der Waals surface area contributed by atoms with Crippen molar-refractivity contribution < 1.29 is 27.5 Å². The largest absolute Gasteiger partial charge is 0.456 e. The molecule has 0 spiro atoms. The van der Waals surface area contributed by atoms with Crippen LogP contribution < -0.4 is 0 Å². The Morgan fingerprint density at radius 1 is 1.09 bits per heavy atom. The summed E-state index contributed by atoms with van der Waals surface area (Å²) in [5.74, 6) is -0.980. The quantitative estimate of drug-likeness (QED) is 0.244. The molecule has 1 aliphatic rings. The lowest BCUT2D eigenvalue weighted by atomic mass is 10.0. The van der Waals surface area contributed by atoms with Crippen LogP contribution in [0.3, 0.4) is 0 Å². The monoisotopic (exact) mass is 479 g/mol. The Hall–Kier alpha value is -2.22. The molecule has 0 aromatic heterocycles. The van der Waals surface area contributed by atoms with Crippen LogP contribution in [0.25, 0.3) is 0 Å². The molecule has 1 fully saturated rings. The van der Waals surface area contributed by atoms with E-state index in [9.17, 15) is 22.8 Å². The Morgan fingerprint density at radius 2 is 1.79 bits per heavy atom. The van der Waals surface area contributed by atoms with E-state index in [1.807, 2.05) is 26.0 Å². The summed E-state index contributed by atoms with van der Waals surface area (Å²) in [5, 5.41) is 0. The molecule has 1 aliphatic heterocycles. The van der Waals surface area contributed by atoms with Gasteiger partial charge in [-0.3, -0.25) is 14.4 Å². The van der Waals surface area contributed by atoms with E-state index in [0.717, 1.165) is 19.3 Å². The van der Waals surface area contributed by atoms with Crippen LogP contribution in [0.15, 0.2) is 24.3 Å². The maximum atomic E-state index is 12.7. The molecular formula is C25H37NO6S. The lowest BCUT2D eigenvalue weighted by Crippen LogP contribution is -2.45. The van der Waals surface area contributed by atoms with Crippen molar-refractivity contribution in [3.63, 3.8) is 0 Å². The summed E-state index contributed by atoms with van der Waals surface area (Å²) in [6.45, 7) is 6.01. The Morgan fingerprint density at radius 3 is 2.36 bits per heavy atom. The molecule has 1 amide bonds. The van der Waals surface area contributed by atoms with Gasteiger partial charge in [-0.05, 0) is 30.7 Å². The molecule has 2 rings (SSSR count). The van der Waals surface area contributed by atoms with Gasteiger partial charge in [0.1, 0.15) is 0 Å². The number of esters is 1. The molecule has 8 heteroatoms. The highest BCUT2D eigenvalue weighted by Crippen LogP contribution is 2.19. The summed E-state index contributed by atoms with van der Waals surface area (Å²) in [7, 11) is -3.13. The summed E-state index contributed by atoms with van der Waals surface area (Å²) in [5.41, 5.74) is 1.75. The van der Waals surface area contributed by atoms with Crippen molar-refractivity contribution in [1.82, 2.24) is 4.90 Å². The number of aryl methyl sites for hydroxylation is 1. The van der Waals surface area contributed by atoms with Crippen molar-refractivity contribution in [2.24, 2.45) is 5.92 Å². The fraction of sp³-hybridized carbons (Fsp3) is 0.640. The Kier molecular flexibility index (Phi) is 10.5. The second kappa shape index (κ2) is 12.9. The lowest BCUT2D eigenvalue weighted by Gasteiger charge is -2.29. The maximum absolute atomic E-state index is 12.7. The van der Waals surface area contributed by atoms with E-state index in [4.69, 9.17) is 4.74 Å². The highest BCUT2D eigenvalue weighted by Gasteiger charge is 2.35. The van der Waals surface area contributed by atoms with Gasteiger partial charge >= 0.3 is 5.97 Å². The van der Waals surface area contributed by atoms with Gasteiger partial charge in [-0.1, -0.05) is 57.9 Å². The van der Waals surface area contributed by atoms with Crippen molar-refractivity contribution in [1.29, 1.82) is 0 Å². The third kappa shape index (κ3) is 9.27. The van der Waals surface area contributed by atoms with Gasteiger partial charge in [0.25, 0.3) is 5.91 Å². The van der Waals surface area contributed by atoms with Crippen LogP contribution in [-0.4, -0.2) is 61.7 Å². The molecule has 0 N–H and O–H groups in total. The number of ketones is 1. The number of Topliss-reactive ketones (excluding diaryl/α,β-unsaturated/α-hetero) is 1. The van der Waals surface area contributed by atoms with E-state index in [1.165, 1.54) is 16.9 Å². The molecular weight excluding hydrogens is 442 g/mol. The predicted molar refractivity (Wildman–Crippen MR) is 128 cm³/mol. The van der Waals surface area contributed by atoms with E-state index in [1.54, 1.807) is 12.1 Å². The molecule has 7 nitrogen and oxygen atoms in total. The minimum atomic E-state index is -3.13. The average molecular weight is 480 g/mol. The van der Waals surface area contributed by atoms with Crippen molar-refractivity contribution in [2.75, 3.05) is 24.7 Å². The molecule has 0 radical (unpaired) electrons. The molecule has 33 heavy (non-hydrogen) atoms. The van der Waals surface area contributed by atoms with E-state index in [-0.39, 0.29) is 42.1 Å². The third-order valence-electron chi connectivity index (χ3n) is 5.79. The average Bonchev–Trinajstić information content (AvgIpc) is 3.14. The van der Waals surface area contributed by atoms with Gasteiger partial charge in [0.2, 0.25) is 0 Å². The molecule has 1 atom stereocenters. The molecule has 1 saturated heterocycles. The zero-order chi connectivity index (χ0) is 24.4. The number of carbonyl (C=O) groups is 3. The lowest BCUT2D eigenvalue weighted by molar-refractivity contribution is -0.153. The number of nitrogens with zero attached hydrogens (tertiary/aromatic N) is 1. The first-order chi connectivity index (χ1) is 15.6. The van der Waals surface area contributed by atoms with Crippen LogP contribution >= 0.6 is 0 Å². The van der Waals surface area contributed by atoms with E-state index in [0.29, 0.717) is 18.5 Å². The topological polar surface area (TPSA) is 97.8 Å². The van der Waals surface area contributed by atoms with E-state index in [2.05, 4.69) is 6.92 Å². The summed E-state index contributed by atoms with van der Waals surface area (Å²) < 4.78 is 28.7. The molecule has 1 unspecified atom stereocenters. The summed E-state index contributed by atoms with van der Waals surface area (Å²) in [4.78, 5) is 38.7. The van der Waals surface area contributed by atoms with Crippen LogP contribution in [-0.2, 0) is 30.6 Å². The fourth-order valence-corrected chi connectivity index (χ4v) is 5.69. The maximum Gasteiger partial charge on any atom is 0.306 e. The standard InChI is InChI=1S/C25H37NO6S/c1-4-5-6-7-20-8-10-21(11-9-20)23(27)12-13-25(29)32-17-24(28)26(16-19(2)3)22-14-15-33(30,31)18-22/h8-11,19,22H,4-7,12-18H2,1-3H3. The molecule has 0 aliphatic carbocycles. The summed E-state index contributed by atoms with van der Waals surface area (Å²) >= 11 is 0. The first-order valence-electron chi connectivity index (χ1n) is 11.9. The van der Waals surface area contributed by atoms with Crippen LogP contribution in [0.2, 0.25) is 0 Å². The first-order valence-corrected chi connectivity index (χ1v) is 13.7. The number of ether oxygens (including phenoxy) is 1. The number of benzene rings is 1. The van der Waals surface area contributed by atoms with Gasteiger partial charge in [0.05, 0.1) is 17.9 Å². The second-order valence-electron chi connectivity index (χ2n) is 9.23. The molecule has 0 saturated carbocycles. The molecule has 1 aromatic carbocycles. The summed E-state index contributed by atoms with van der Waals surface area (Å²) in [6, 6.07) is 7.10. The SMILES string of the molecule is CCCCCc1ccc(C(=O)CCC(=O)OCC(=O)N(CC(C)C)C2CCS(=O)(=O)C2)cc1. The fourth-order valence-electron chi connectivity index (χ4n) is 3.96. The number of sulfone groups is 1. The van der Waals surface area contributed by atoms with Gasteiger partial charge in [-0.25, -0.2) is 8.42 Å². The van der Waals surface area contributed by atoms with Crippen molar-refractivity contribution in [3.8, 4) is 0 Å². The summed E-state index contributed by atoms with van der Waals surface area (Å²) in [6.07, 6.45) is 4.77. The highest BCUT2D eigenvalue weighted by molar-refractivity contribution is 7.91. The minimum absolute atomic E-state index is 0.0127. The Labute approximate surface area is 197 Å². The van der Waals surface area contributed by atoms with E-state index >= 15 is 0 Å². The first kappa shape index (κ1) is 27.0. The van der Waals surface area contributed by atoms with Crippen molar-refractivity contribution in [3.05, 3.63) is 35.4 Å². The third-order valence-corrected chi connectivity index (χ3v) is 7.54. The predicted octanol–water partition coefficient (Wildman–Crippen LogP) is 3.60. The van der Waals surface area contributed by atoms with Gasteiger partial charge in [-0.2, -0.15) is 0 Å². The smallest absolute Gasteiger partial charge is 0.306 e. The van der Waals surface area contributed by atoms with Crippen LogP contribution in [0, 0.1) is 5.92 Å². The van der Waals surface area contributed by atoms with Crippen LogP contribution in [0.1, 0.15) is 75.2 Å². The second-order valence-corrected chi connectivity index (χ2v) is 11.5. The number of unbranched alkanes of at least 4 members (excludes halogenated alkanes) is 2. The zero-order valence-corrected chi connectivity index (χ0v) is 20.9. The van der Waals surface area contributed by atoms with Crippen LogP contribution in [0.4, 0.5) is 0 Å². The number of hydrogen-bond acceptors (Lipinski definition) is 6. The Balaban J connectivity index is 1.80. The van der Waals surface area contributed by atoms with Gasteiger partial charge in [-0.15, -0.1) is 0 Å². The van der Waals surface area contributed by atoms with Gasteiger partial charge in [0, 0.05) is 24.6 Å². The number of hydrogen-bond donors (Lipinski definition) is 0. The molecule has 184 valence electrons. The molecule has 1 aromatic rings. The highest BCUT2D eigenvalue weighted by atomic mass is 32.2. The number of rotatable bonds is 13. The number of carbonyl (C=O) groups excluding carboxylic acids is 3. The van der Waals surface area contributed by atoms with Crippen molar-refractivity contribution >= 4 is 27.5 Å². The zero-order valence-electron chi connectivity index (χ0n) is 20.0. The van der Waals surface area contributed by atoms with Crippen molar-refractivity contribution in [2.45, 2.75) is 71.8 Å². The minimum Gasteiger partial charge on any atom is -0.456 e. The molecule has 0 bridgehead atoms. The number of amides is 1.